The molecule has 2 N–H and O–H groups in total. The Labute approximate surface area is 124 Å². The Kier molecular flexibility index (Phi) is 15.6. The van der Waals surface area contributed by atoms with Gasteiger partial charge in [-0.2, -0.15) is 0 Å². The van der Waals surface area contributed by atoms with Crippen LogP contribution in [0.5, 0.6) is 0 Å². The quantitative estimate of drug-likeness (QED) is 0.353. The maximum atomic E-state index is 10.9. The lowest BCUT2D eigenvalue weighted by molar-refractivity contribution is -0.116. The van der Waals surface area contributed by atoms with Crippen molar-refractivity contribution in [3.63, 3.8) is 0 Å². The maximum Gasteiger partial charge on any atom is 0.243 e. The first-order valence-electron chi connectivity index (χ1n) is 8.32. The molecule has 0 saturated carbocycles. The lowest BCUT2D eigenvalue weighted by atomic mass is 10.1. The molecule has 1 amide bonds. The van der Waals surface area contributed by atoms with Crippen molar-refractivity contribution >= 4 is 5.91 Å². The molecule has 0 heterocycles. The van der Waals surface area contributed by atoms with Gasteiger partial charge in [0, 0.05) is 13.2 Å². The normalized spacial score (nSPS) is 10.4. The van der Waals surface area contributed by atoms with Gasteiger partial charge >= 0.3 is 0 Å². The average molecular weight is 283 g/mol. The number of hydrogen-bond donors (Lipinski definition) is 2. The second-order valence-corrected chi connectivity index (χ2v) is 5.46. The molecule has 0 aromatic heterocycles. The van der Waals surface area contributed by atoms with Crippen molar-refractivity contribution in [3.05, 3.63) is 12.7 Å². The third-order valence-corrected chi connectivity index (χ3v) is 3.57. The molecule has 0 fully saturated rings. The van der Waals surface area contributed by atoms with Crippen molar-refractivity contribution in [1.82, 2.24) is 5.32 Å². The van der Waals surface area contributed by atoms with E-state index in [0.29, 0.717) is 6.61 Å². The van der Waals surface area contributed by atoms with Gasteiger partial charge in [-0.15, -0.1) is 0 Å². The number of rotatable bonds is 15. The standard InChI is InChI=1S/C17H33NO2/c1-2-17(20)18-15-13-11-9-7-5-3-4-6-8-10-12-14-16-19/h2,19H,1,3-16H2,(H,18,20). The van der Waals surface area contributed by atoms with Crippen molar-refractivity contribution in [2.24, 2.45) is 0 Å². The van der Waals surface area contributed by atoms with Crippen LogP contribution in [0.1, 0.15) is 77.0 Å². The zero-order valence-corrected chi connectivity index (χ0v) is 13.0. The van der Waals surface area contributed by atoms with Crippen LogP contribution in [-0.4, -0.2) is 24.2 Å². The zero-order chi connectivity index (χ0) is 14.9. The van der Waals surface area contributed by atoms with Crippen LogP contribution in [0.3, 0.4) is 0 Å². The van der Waals surface area contributed by atoms with Crippen molar-refractivity contribution in [3.8, 4) is 0 Å². The van der Waals surface area contributed by atoms with Crippen molar-refractivity contribution in [2.75, 3.05) is 13.2 Å². The second kappa shape index (κ2) is 16.2. The number of hydrogen-bond acceptors (Lipinski definition) is 2. The zero-order valence-electron chi connectivity index (χ0n) is 13.0. The Hall–Kier alpha value is -0.830. The van der Waals surface area contributed by atoms with Crippen molar-refractivity contribution < 1.29 is 9.90 Å². The van der Waals surface area contributed by atoms with Gasteiger partial charge in [0.15, 0.2) is 0 Å². The summed E-state index contributed by atoms with van der Waals surface area (Å²) in [6.45, 7) is 4.54. The van der Waals surface area contributed by atoms with Crippen molar-refractivity contribution in [1.29, 1.82) is 0 Å². The van der Waals surface area contributed by atoms with E-state index in [0.717, 1.165) is 19.4 Å². The number of aliphatic hydroxyl groups is 1. The molecule has 0 rings (SSSR count). The summed E-state index contributed by atoms with van der Waals surface area (Å²) in [5.41, 5.74) is 0. The van der Waals surface area contributed by atoms with Gasteiger partial charge in [-0.3, -0.25) is 4.79 Å². The van der Waals surface area contributed by atoms with Crippen LogP contribution in [0.25, 0.3) is 0 Å². The fourth-order valence-corrected chi connectivity index (χ4v) is 2.29. The smallest absolute Gasteiger partial charge is 0.243 e. The van der Waals surface area contributed by atoms with E-state index >= 15 is 0 Å². The topological polar surface area (TPSA) is 49.3 Å². The Balaban J connectivity index is 2.99. The van der Waals surface area contributed by atoms with E-state index in [1.807, 2.05) is 0 Å². The minimum absolute atomic E-state index is 0.0658. The molecule has 0 aliphatic heterocycles. The Bertz CT molecular complexity index is 229. The lowest BCUT2D eigenvalue weighted by Gasteiger charge is -2.03. The summed E-state index contributed by atoms with van der Waals surface area (Å²) >= 11 is 0. The number of aliphatic hydroxyl groups excluding tert-OH is 1. The molecule has 0 spiro atoms. The first kappa shape index (κ1) is 19.2. The number of nitrogens with one attached hydrogen (secondary N) is 1. The molecular formula is C17H33NO2. The van der Waals surface area contributed by atoms with E-state index in [9.17, 15) is 4.79 Å². The van der Waals surface area contributed by atoms with Crippen LogP contribution in [0.15, 0.2) is 12.7 Å². The molecule has 3 nitrogen and oxygen atoms in total. The van der Waals surface area contributed by atoms with Gasteiger partial charge in [0.1, 0.15) is 0 Å². The number of carbonyl (C=O) groups excluding carboxylic acids is 1. The summed E-state index contributed by atoms with van der Waals surface area (Å²) in [5.74, 6) is -0.0658. The molecule has 20 heavy (non-hydrogen) atoms. The predicted molar refractivity (Wildman–Crippen MR) is 85.7 cm³/mol. The molecule has 0 atom stereocenters. The first-order chi connectivity index (χ1) is 9.81. The van der Waals surface area contributed by atoms with Gasteiger partial charge in [0.25, 0.3) is 0 Å². The van der Waals surface area contributed by atoms with E-state index in [2.05, 4.69) is 11.9 Å². The molecule has 0 radical (unpaired) electrons. The van der Waals surface area contributed by atoms with E-state index in [1.165, 1.54) is 70.3 Å². The van der Waals surface area contributed by atoms with Crippen LogP contribution in [0.4, 0.5) is 0 Å². The minimum atomic E-state index is -0.0658. The average Bonchev–Trinajstić information content (AvgIpc) is 2.47. The molecule has 0 aromatic carbocycles. The Morgan fingerprint density at radius 3 is 1.60 bits per heavy atom. The molecule has 0 saturated heterocycles. The highest BCUT2D eigenvalue weighted by molar-refractivity contribution is 5.86. The minimum Gasteiger partial charge on any atom is -0.396 e. The maximum absolute atomic E-state index is 10.9. The summed E-state index contributed by atoms with van der Waals surface area (Å²) in [5, 5.41) is 11.5. The highest BCUT2D eigenvalue weighted by Crippen LogP contribution is 2.11. The van der Waals surface area contributed by atoms with Crippen LogP contribution in [-0.2, 0) is 4.79 Å². The third kappa shape index (κ3) is 15.2. The van der Waals surface area contributed by atoms with E-state index in [1.54, 1.807) is 0 Å². The molecule has 0 aliphatic carbocycles. The third-order valence-electron chi connectivity index (χ3n) is 3.57. The molecule has 0 aliphatic rings. The van der Waals surface area contributed by atoms with Gasteiger partial charge < -0.3 is 10.4 Å². The van der Waals surface area contributed by atoms with Crippen LogP contribution >= 0.6 is 0 Å². The van der Waals surface area contributed by atoms with Gasteiger partial charge in [0.05, 0.1) is 0 Å². The van der Waals surface area contributed by atoms with Crippen LogP contribution in [0, 0.1) is 0 Å². The summed E-state index contributed by atoms with van der Waals surface area (Å²) in [6.07, 6.45) is 16.3. The first-order valence-corrected chi connectivity index (χ1v) is 8.32. The molecule has 0 unspecified atom stereocenters. The highest BCUT2D eigenvalue weighted by atomic mass is 16.2. The van der Waals surface area contributed by atoms with Crippen LogP contribution in [0.2, 0.25) is 0 Å². The molecule has 0 aromatic rings. The van der Waals surface area contributed by atoms with Crippen molar-refractivity contribution in [2.45, 2.75) is 77.0 Å². The summed E-state index contributed by atoms with van der Waals surface area (Å²) < 4.78 is 0. The molecule has 118 valence electrons. The van der Waals surface area contributed by atoms with Gasteiger partial charge in [-0.1, -0.05) is 70.8 Å². The fourth-order valence-electron chi connectivity index (χ4n) is 2.29. The van der Waals surface area contributed by atoms with Gasteiger partial charge in [-0.25, -0.2) is 0 Å². The lowest BCUT2D eigenvalue weighted by Crippen LogP contribution is -2.21. The predicted octanol–water partition coefficient (Wildman–Crippen LogP) is 3.96. The molecule has 3 heteroatoms. The monoisotopic (exact) mass is 283 g/mol. The highest BCUT2D eigenvalue weighted by Gasteiger charge is 1.95. The SMILES string of the molecule is C=CC(=O)NCCCCCCCCCCCCCCO. The van der Waals surface area contributed by atoms with E-state index < -0.39 is 0 Å². The number of carbonyl (C=O) groups is 1. The van der Waals surface area contributed by atoms with E-state index in [-0.39, 0.29) is 5.91 Å². The van der Waals surface area contributed by atoms with Gasteiger partial charge in [0.2, 0.25) is 5.91 Å². The number of amides is 1. The van der Waals surface area contributed by atoms with Crippen LogP contribution < -0.4 is 5.32 Å². The summed E-state index contributed by atoms with van der Waals surface area (Å²) in [7, 11) is 0. The second-order valence-electron chi connectivity index (χ2n) is 5.46. The molecule has 0 bridgehead atoms. The Morgan fingerprint density at radius 2 is 1.20 bits per heavy atom. The Morgan fingerprint density at radius 1 is 0.800 bits per heavy atom. The van der Waals surface area contributed by atoms with E-state index in [4.69, 9.17) is 5.11 Å². The summed E-state index contributed by atoms with van der Waals surface area (Å²) in [4.78, 5) is 10.9. The molecular weight excluding hydrogens is 250 g/mol. The summed E-state index contributed by atoms with van der Waals surface area (Å²) in [6, 6.07) is 0. The van der Waals surface area contributed by atoms with Gasteiger partial charge in [-0.05, 0) is 18.9 Å². The largest absolute Gasteiger partial charge is 0.396 e. The number of unbranched alkanes of at least 4 members (excludes halogenated alkanes) is 11. The fraction of sp³-hybridized carbons (Fsp3) is 0.824.